The zero-order valence-corrected chi connectivity index (χ0v) is 30.1. The lowest BCUT2D eigenvalue weighted by Crippen LogP contribution is -2.28. The summed E-state index contributed by atoms with van der Waals surface area (Å²) in [5, 5.41) is 2.13. The number of amides is 1. The predicted molar refractivity (Wildman–Crippen MR) is 192 cm³/mol. The van der Waals surface area contributed by atoms with Gasteiger partial charge in [-0.3, -0.25) is 4.79 Å². The van der Waals surface area contributed by atoms with Crippen molar-refractivity contribution in [3.05, 3.63) is 70.8 Å². The number of nitrogens with zero attached hydrogens (tertiary/aromatic N) is 2. The molecule has 4 nitrogen and oxygen atoms in total. The summed E-state index contributed by atoms with van der Waals surface area (Å²) in [6.45, 7) is 12.8. The summed E-state index contributed by atoms with van der Waals surface area (Å²) in [5.41, 5.74) is 4.47. The Morgan fingerprint density at radius 3 is 1.98 bits per heavy atom. The second-order valence-corrected chi connectivity index (χ2v) is 13.8. The van der Waals surface area contributed by atoms with Crippen molar-refractivity contribution >= 4 is 40.3 Å². The van der Waals surface area contributed by atoms with Crippen LogP contribution in [0.3, 0.4) is 0 Å². The third-order valence-corrected chi connectivity index (χ3v) is 8.87. The molecule has 0 saturated carbocycles. The van der Waals surface area contributed by atoms with Crippen molar-refractivity contribution in [3.8, 4) is 5.75 Å². The molecule has 0 aromatic heterocycles. The number of ether oxygens (including phenoxy) is 1. The quantitative estimate of drug-likeness (QED) is 0.139. The van der Waals surface area contributed by atoms with Gasteiger partial charge in [-0.05, 0) is 52.1 Å². The van der Waals surface area contributed by atoms with Gasteiger partial charge in [-0.15, -0.1) is 28.7 Å². The number of hydrogen-bond acceptors (Lipinski definition) is 4. The number of carbonyl (C=O) groups excluding carboxylic acids is 1. The molecule has 0 unspecified atom stereocenters. The topological polar surface area (TPSA) is 32.8 Å². The Kier molecular flexibility index (Phi) is 17.5. The van der Waals surface area contributed by atoms with E-state index in [1.54, 1.807) is 6.92 Å². The lowest BCUT2D eigenvalue weighted by atomic mass is 9.85. The van der Waals surface area contributed by atoms with Gasteiger partial charge >= 0.3 is 0 Å². The molecule has 0 aliphatic carbocycles. The minimum Gasteiger partial charge on any atom is -0.493 e. The van der Waals surface area contributed by atoms with E-state index in [1.807, 2.05) is 16.7 Å². The average Bonchev–Trinajstić information content (AvgIpc) is 3.47. The lowest BCUT2D eigenvalue weighted by molar-refractivity contribution is -0.116. The van der Waals surface area contributed by atoms with E-state index in [4.69, 9.17) is 4.74 Å². The van der Waals surface area contributed by atoms with Crippen LogP contribution < -0.4 is 9.64 Å². The monoisotopic (exact) mass is 672 g/mol. The molecule has 0 atom stereocenters. The molecule has 0 N–H and O–H groups in total. The molecular weight excluding hydrogens is 616 g/mol. The molecule has 0 radical (unpaired) electrons. The number of halogens is 1. The van der Waals surface area contributed by atoms with Crippen molar-refractivity contribution in [1.82, 2.24) is 4.90 Å². The fourth-order valence-electron chi connectivity index (χ4n) is 5.52. The van der Waals surface area contributed by atoms with E-state index < -0.39 is 0 Å². The van der Waals surface area contributed by atoms with E-state index in [0.29, 0.717) is 6.54 Å². The van der Waals surface area contributed by atoms with E-state index in [-0.39, 0.29) is 28.3 Å². The van der Waals surface area contributed by atoms with E-state index >= 15 is 0 Å². The van der Waals surface area contributed by atoms with Crippen molar-refractivity contribution in [1.29, 1.82) is 0 Å². The molecule has 6 heteroatoms. The maximum Gasteiger partial charge on any atom is 0.224 e. The normalized spacial score (nSPS) is 12.8. The Balaban J connectivity index is 0.00000645. The fourth-order valence-corrected chi connectivity index (χ4v) is 6.23. The summed E-state index contributed by atoms with van der Waals surface area (Å²) in [5.74, 6) is 1.99. The number of carbonyl (C=O) groups is 1. The maximum atomic E-state index is 12.7. The van der Waals surface area contributed by atoms with Gasteiger partial charge in [-0.25, -0.2) is 0 Å². The highest BCUT2D eigenvalue weighted by Crippen LogP contribution is 2.33. The van der Waals surface area contributed by atoms with Crippen LogP contribution in [-0.4, -0.2) is 23.3 Å². The molecule has 1 aliphatic heterocycles. The van der Waals surface area contributed by atoms with Gasteiger partial charge in [0.2, 0.25) is 5.91 Å². The van der Waals surface area contributed by atoms with Gasteiger partial charge in [0.25, 0.3) is 0 Å². The molecular formula is C37H57BrN2O2S. The molecule has 240 valence electrons. The second-order valence-electron chi connectivity index (χ2n) is 12.9. The summed E-state index contributed by atoms with van der Waals surface area (Å²) in [4.78, 5) is 16.9. The van der Waals surface area contributed by atoms with Crippen LogP contribution in [0.2, 0.25) is 0 Å². The van der Waals surface area contributed by atoms with Crippen LogP contribution in [0.1, 0.15) is 128 Å². The molecule has 43 heavy (non-hydrogen) atoms. The van der Waals surface area contributed by atoms with Crippen LogP contribution in [-0.2, 0) is 23.3 Å². The van der Waals surface area contributed by atoms with Crippen LogP contribution in [0, 0.1) is 0 Å². The third kappa shape index (κ3) is 13.7. The molecule has 0 bridgehead atoms. The number of thioether (sulfide) groups is 1. The zero-order chi connectivity index (χ0) is 30.2. The van der Waals surface area contributed by atoms with E-state index in [9.17, 15) is 4.79 Å². The molecule has 2 aromatic rings. The molecule has 1 heterocycles. The largest absolute Gasteiger partial charge is 0.493 e. The fraction of sp³-hybridized carbons (Fsp3) is 0.595. The van der Waals surface area contributed by atoms with Crippen molar-refractivity contribution < 1.29 is 9.53 Å². The molecule has 0 fully saturated rings. The van der Waals surface area contributed by atoms with Crippen molar-refractivity contribution in [2.24, 2.45) is 0 Å². The Morgan fingerprint density at radius 2 is 1.44 bits per heavy atom. The van der Waals surface area contributed by atoms with Crippen LogP contribution in [0.25, 0.3) is 0 Å². The van der Waals surface area contributed by atoms with E-state index in [0.717, 1.165) is 42.4 Å². The van der Waals surface area contributed by atoms with Crippen LogP contribution in [0.4, 0.5) is 5.69 Å². The number of hydrogen-bond donors (Lipinski definition) is 0. The maximum absolute atomic E-state index is 12.7. The van der Waals surface area contributed by atoms with Crippen LogP contribution >= 0.6 is 28.7 Å². The molecule has 1 amide bonds. The SMILES string of the molecule is Br.CCCCCCCCCCCCCCOc1cc(CN(C(C)=O)c2ccc(CN3C=CSC3)cc2)ccc1C(C)(C)C. The Bertz CT molecular complexity index is 1100. The summed E-state index contributed by atoms with van der Waals surface area (Å²) in [7, 11) is 0. The molecule has 0 spiro atoms. The molecule has 2 aromatic carbocycles. The number of unbranched alkanes of at least 4 members (excludes halogenated alkanes) is 11. The first-order chi connectivity index (χ1) is 20.3. The van der Waals surface area contributed by atoms with Gasteiger partial charge in [-0.2, -0.15) is 0 Å². The van der Waals surface area contributed by atoms with E-state index in [1.165, 1.54) is 81.8 Å². The van der Waals surface area contributed by atoms with Gasteiger partial charge < -0.3 is 14.5 Å². The molecule has 3 rings (SSSR count). The Labute approximate surface area is 277 Å². The van der Waals surface area contributed by atoms with Crippen LogP contribution in [0.5, 0.6) is 5.75 Å². The average molecular weight is 674 g/mol. The van der Waals surface area contributed by atoms with Crippen molar-refractivity contribution in [2.45, 2.75) is 130 Å². The first kappa shape index (κ1) is 37.3. The number of rotatable bonds is 19. The van der Waals surface area contributed by atoms with E-state index in [2.05, 4.69) is 86.7 Å². The standard InChI is InChI=1S/C37H56N2O2S.BrH/c1-6-7-8-9-10-11-12-13-14-15-16-17-25-41-36-27-33(20-23-35(36)37(3,4)5)29-39(31(2)40)34-21-18-32(19-22-34)28-38-24-26-42-30-38;/h18-24,26-27H,6-17,25,28-30H2,1-5H3;1H. The zero-order valence-electron chi connectivity index (χ0n) is 27.5. The van der Waals surface area contributed by atoms with Gasteiger partial charge in [0, 0.05) is 25.4 Å². The van der Waals surface area contributed by atoms with Crippen molar-refractivity contribution in [2.75, 3.05) is 17.4 Å². The first-order valence-electron chi connectivity index (χ1n) is 16.4. The number of benzene rings is 2. The second kappa shape index (κ2) is 20.2. The lowest BCUT2D eigenvalue weighted by Gasteiger charge is -2.26. The van der Waals surface area contributed by atoms with Gasteiger partial charge in [-0.1, -0.05) is 123 Å². The summed E-state index contributed by atoms with van der Waals surface area (Å²) in [6, 6.07) is 14.9. The van der Waals surface area contributed by atoms with Gasteiger partial charge in [0.1, 0.15) is 5.75 Å². The highest BCUT2D eigenvalue weighted by Gasteiger charge is 2.21. The summed E-state index contributed by atoms with van der Waals surface area (Å²) >= 11 is 1.81. The highest BCUT2D eigenvalue weighted by atomic mass is 79.9. The molecule has 1 aliphatic rings. The minimum absolute atomic E-state index is 0. The minimum atomic E-state index is -0.0104. The summed E-state index contributed by atoms with van der Waals surface area (Å²) < 4.78 is 6.41. The smallest absolute Gasteiger partial charge is 0.224 e. The summed E-state index contributed by atoms with van der Waals surface area (Å²) in [6.07, 6.45) is 18.2. The number of anilines is 1. The van der Waals surface area contributed by atoms with Gasteiger partial charge in [0.15, 0.2) is 0 Å². The molecule has 0 saturated heterocycles. The van der Waals surface area contributed by atoms with Crippen LogP contribution in [0.15, 0.2) is 54.1 Å². The predicted octanol–water partition coefficient (Wildman–Crippen LogP) is 11.2. The third-order valence-electron chi connectivity index (χ3n) is 8.07. The highest BCUT2D eigenvalue weighted by molar-refractivity contribution is 8.93. The Morgan fingerprint density at radius 1 is 0.860 bits per heavy atom. The first-order valence-corrected chi connectivity index (χ1v) is 17.5. The Hall–Kier alpha value is -1.92. The van der Waals surface area contributed by atoms with Crippen molar-refractivity contribution in [3.63, 3.8) is 0 Å². The van der Waals surface area contributed by atoms with Gasteiger partial charge in [0.05, 0.1) is 19.0 Å².